The fourth-order valence-corrected chi connectivity index (χ4v) is 2.52. The molecule has 1 aliphatic rings. The van der Waals surface area contributed by atoms with Crippen LogP contribution in [0.15, 0.2) is 24.3 Å². The molecule has 4 heteroatoms. The highest BCUT2D eigenvalue weighted by Gasteiger charge is 2.18. The lowest BCUT2D eigenvalue weighted by atomic mass is 9.94. The van der Waals surface area contributed by atoms with E-state index in [4.69, 9.17) is 0 Å². The predicted octanol–water partition coefficient (Wildman–Crippen LogP) is 2.57. The molecule has 1 saturated heterocycles. The lowest BCUT2D eigenvalue weighted by Crippen LogP contribution is -2.32. The minimum Gasteiger partial charge on any atom is -0.316 e. The first-order valence-electron chi connectivity index (χ1n) is 6.90. The number of carbonyl (C=O) groups is 1. The standard InChI is InChI=1S/C15H21FN2O/c1-18(14-7-3-2-6-13(14)16)15(19)9-8-12-5-4-10-17-11-12/h2-3,6-7,12,17H,4-5,8-11H2,1H3. The Labute approximate surface area is 113 Å². The Bertz CT molecular complexity index is 430. The summed E-state index contributed by atoms with van der Waals surface area (Å²) in [4.78, 5) is 13.5. The van der Waals surface area contributed by atoms with Crippen molar-refractivity contribution >= 4 is 11.6 Å². The van der Waals surface area contributed by atoms with Crippen molar-refractivity contribution in [2.24, 2.45) is 5.92 Å². The number of benzene rings is 1. The number of rotatable bonds is 4. The van der Waals surface area contributed by atoms with Gasteiger partial charge in [0.2, 0.25) is 5.91 Å². The van der Waals surface area contributed by atoms with Crippen molar-refractivity contribution in [1.82, 2.24) is 5.32 Å². The molecule has 0 aliphatic carbocycles. The van der Waals surface area contributed by atoms with E-state index in [0.717, 1.165) is 19.5 Å². The second kappa shape index (κ2) is 6.66. The van der Waals surface area contributed by atoms with Crippen LogP contribution in [0.4, 0.5) is 10.1 Å². The SMILES string of the molecule is CN(C(=O)CCC1CCCNC1)c1ccccc1F. The molecule has 1 unspecified atom stereocenters. The summed E-state index contributed by atoms with van der Waals surface area (Å²) >= 11 is 0. The molecular weight excluding hydrogens is 243 g/mol. The molecule has 104 valence electrons. The van der Waals surface area contributed by atoms with Gasteiger partial charge in [-0.1, -0.05) is 12.1 Å². The molecule has 0 bridgehead atoms. The van der Waals surface area contributed by atoms with E-state index in [1.54, 1.807) is 25.2 Å². The third-order valence-electron chi connectivity index (χ3n) is 3.75. The van der Waals surface area contributed by atoms with E-state index in [1.807, 2.05) is 0 Å². The maximum absolute atomic E-state index is 13.6. The van der Waals surface area contributed by atoms with Crippen molar-refractivity contribution < 1.29 is 9.18 Å². The number of hydrogen-bond donors (Lipinski definition) is 1. The molecule has 0 aromatic heterocycles. The lowest BCUT2D eigenvalue weighted by Gasteiger charge is -2.24. The van der Waals surface area contributed by atoms with Gasteiger partial charge in [0.1, 0.15) is 5.82 Å². The second-order valence-corrected chi connectivity index (χ2v) is 5.16. The molecule has 2 rings (SSSR count). The van der Waals surface area contributed by atoms with E-state index in [-0.39, 0.29) is 11.7 Å². The number of piperidine rings is 1. The van der Waals surface area contributed by atoms with Crippen LogP contribution in [0.25, 0.3) is 0 Å². The minimum absolute atomic E-state index is 0.0179. The van der Waals surface area contributed by atoms with Crippen LogP contribution in [0.2, 0.25) is 0 Å². The Morgan fingerprint density at radius 3 is 2.95 bits per heavy atom. The summed E-state index contributed by atoms with van der Waals surface area (Å²) in [6.07, 6.45) is 3.73. The van der Waals surface area contributed by atoms with Gasteiger partial charge in [-0.2, -0.15) is 0 Å². The molecule has 1 amide bonds. The second-order valence-electron chi connectivity index (χ2n) is 5.16. The smallest absolute Gasteiger partial charge is 0.226 e. The average Bonchev–Trinajstić information content (AvgIpc) is 2.45. The Kier molecular flexibility index (Phi) is 4.91. The number of nitrogens with one attached hydrogen (secondary N) is 1. The normalized spacial score (nSPS) is 19.2. The average molecular weight is 264 g/mol. The summed E-state index contributed by atoms with van der Waals surface area (Å²) in [5.74, 6) is 0.208. The molecule has 1 heterocycles. The summed E-state index contributed by atoms with van der Waals surface area (Å²) in [7, 11) is 1.64. The highest BCUT2D eigenvalue weighted by Crippen LogP contribution is 2.20. The van der Waals surface area contributed by atoms with E-state index < -0.39 is 0 Å². The first-order valence-corrected chi connectivity index (χ1v) is 6.90. The molecular formula is C15H21FN2O. The Balaban J connectivity index is 1.87. The molecule has 19 heavy (non-hydrogen) atoms. The van der Waals surface area contributed by atoms with Gasteiger partial charge in [0, 0.05) is 13.5 Å². The van der Waals surface area contributed by atoms with E-state index in [0.29, 0.717) is 18.0 Å². The van der Waals surface area contributed by atoms with Crippen molar-refractivity contribution in [2.75, 3.05) is 25.0 Å². The molecule has 1 aliphatic heterocycles. The van der Waals surface area contributed by atoms with Crippen molar-refractivity contribution in [1.29, 1.82) is 0 Å². The Morgan fingerprint density at radius 2 is 2.26 bits per heavy atom. The number of anilines is 1. The van der Waals surface area contributed by atoms with Crippen LogP contribution in [-0.2, 0) is 4.79 Å². The van der Waals surface area contributed by atoms with Gasteiger partial charge in [0.05, 0.1) is 5.69 Å². The highest BCUT2D eigenvalue weighted by atomic mass is 19.1. The Morgan fingerprint density at radius 1 is 1.47 bits per heavy atom. The van der Waals surface area contributed by atoms with Crippen molar-refractivity contribution in [2.45, 2.75) is 25.7 Å². The number of amides is 1. The maximum Gasteiger partial charge on any atom is 0.226 e. The molecule has 0 radical (unpaired) electrons. The van der Waals surface area contributed by atoms with Crippen LogP contribution in [0.5, 0.6) is 0 Å². The van der Waals surface area contributed by atoms with Crippen molar-refractivity contribution in [3.8, 4) is 0 Å². The summed E-state index contributed by atoms with van der Waals surface area (Å²) in [6, 6.07) is 6.39. The van der Waals surface area contributed by atoms with Gasteiger partial charge in [0.25, 0.3) is 0 Å². The van der Waals surface area contributed by atoms with Gasteiger partial charge in [0.15, 0.2) is 0 Å². The molecule has 1 N–H and O–H groups in total. The van der Waals surface area contributed by atoms with E-state index in [1.165, 1.54) is 23.8 Å². The first kappa shape index (κ1) is 14.0. The topological polar surface area (TPSA) is 32.3 Å². The Hall–Kier alpha value is -1.42. The van der Waals surface area contributed by atoms with Crippen LogP contribution in [0.1, 0.15) is 25.7 Å². The number of hydrogen-bond acceptors (Lipinski definition) is 2. The summed E-state index contributed by atoms with van der Waals surface area (Å²) in [5, 5.41) is 3.34. The number of para-hydroxylation sites is 1. The zero-order valence-corrected chi connectivity index (χ0v) is 11.4. The van der Waals surface area contributed by atoms with Gasteiger partial charge in [-0.3, -0.25) is 4.79 Å². The molecule has 1 fully saturated rings. The van der Waals surface area contributed by atoms with Crippen molar-refractivity contribution in [3.63, 3.8) is 0 Å². The third-order valence-corrected chi connectivity index (χ3v) is 3.75. The zero-order chi connectivity index (χ0) is 13.7. The van der Waals surface area contributed by atoms with E-state index in [2.05, 4.69) is 5.32 Å². The minimum atomic E-state index is -0.349. The highest BCUT2D eigenvalue weighted by molar-refractivity contribution is 5.92. The molecule has 3 nitrogen and oxygen atoms in total. The predicted molar refractivity (Wildman–Crippen MR) is 74.6 cm³/mol. The van der Waals surface area contributed by atoms with E-state index >= 15 is 0 Å². The van der Waals surface area contributed by atoms with Gasteiger partial charge in [-0.15, -0.1) is 0 Å². The third kappa shape index (κ3) is 3.77. The van der Waals surface area contributed by atoms with Crippen LogP contribution in [0, 0.1) is 11.7 Å². The van der Waals surface area contributed by atoms with Crippen LogP contribution in [-0.4, -0.2) is 26.0 Å². The number of carbonyl (C=O) groups excluding carboxylic acids is 1. The van der Waals surface area contributed by atoms with Gasteiger partial charge in [-0.05, 0) is 50.4 Å². The van der Waals surface area contributed by atoms with Crippen LogP contribution >= 0.6 is 0 Å². The summed E-state index contributed by atoms with van der Waals surface area (Å²) in [6.45, 7) is 2.08. The largest absolute Gasteiger partial charge is 0.316 e. The zero-order valence-electron chi connectivity index (χ0n) is 11.4. The molecule has 1 atom stereocenters. The van der Waals surface area contributed by atoms with Crippen molar-refractivity contribution in [3.05, 3.63) is 30.1 Å². The van der Waals surface area contributed by atoms with Gasteiger partial charge in [-0.25, -0.2) is 4.39 Å². The molecule has 1 aromatic rings. The molecule has 0 saturated carbocycles. The molecule has 0 spiro atoms. The lowest BCUT2D eigenvalue weighted by molar-refractivity contribution is -0.118. The monoisotopic (exact) mass is 264 g/mol. The fourth-order valence-electron chi connectivity index (χ4n) is 2.52. The first-order chi connectivity index (χ1) is 9.18. The van der Waals surface area contributed by atoms with Gasteiger partial charge >= 0.3 is 0 Å². The fraction of sp³-hybridized carbons (Fsp3) is 0.533. The van der Waals surface area contributed by atoms with Gasteiger partial charge < -0.3 is 10.2 Å². The van der Waals surface area contributed by atoms with E-state index in [9.17, 15) is 9.18 Å². The number of nitrogens with zero attached hydrogens (tertiary/aromatic N) is 1. The number of halogens is 1. The molecule has 1 aromatic carbocycles. The summed E-state index contributed by atoms with van der Waals surface area (Å²) in [5.41, 5.74) is 0.356. The maximum atomic E-state index is 13.6. The summed E-state index contributed by atoms with van der Waals surface area (Å²) < 4.78 is 13.6. The quantitative estimate of drug-likeness (QED) is 0.906. The van der Waals surface area contributed by atoms with Crippen LogP contribution in [0.3, 0.4) is 0 Å². The van der Waals surface area contributed by atoms with Crippen LogP contribution < -0.4 is 10.2 Å².